The second-order valence-electron chi connectivity index (χ2n) is 4.16. The molecule has 1 amide bonds. The predicted molar refractivity (Wildman–Crippen MR) is 65.6 cm³/mol. The number of nitrogens with zero attached hydrogens (tertiary/aromatic N) is 1. The highest BCUT2D eigenvalue weighted by Crippen LogP contribution is 2.29. The molecular weight excluding hydrogens is 258 g/mol. The van der Waals surface area contributed by atoms with Gasteiger partial charge in [-0.1, -0.05) is 0 Å². The highest BCUT2D eigenvalue weighted by molar-refractivity contribution is 7.85. The van der Waals surface area contributed by atoms with E-state index in [1.165, 1.54) is 17.0 Å². The van der Waals surface area contributed by atoms with E-state index in [0.29, 0.717) is 12.2 Å². The Balaban J connectivity index is 2.40. The van der Waals surface area contributed by atoms with Crippen LogP contribution in [0, 0.1) is 0 Å². The number of anilines is 2. The molecule has 1 aromatic rings. The average Bonchev–Trinajstić information content (AvgIpc) is 2.56. The van der Waals surface area contributed by atoms with Gasteiger partial charge in [-0.15, -0.1) is 0 Å². The molecule has 1 aromatic carbocycles. The van der Waals surface area contributed by atoms with Gasteiger partial charge in [-0.25, -0.2) is 0 Å². The summed E-state index contributed by atoms with van der Waals surface area (Å²) >= 11 is 0. The fraction of sp³-hybridized carbons (Fsp3) is 0.300. The molecule has 5 N–H and O–H groups in total. The van der Waals surface area contributed by atoms with Gasteiger partial charge in [0.05, 0.1) is 16.3 Å². The highest BCUT2D eigenvalue weighted by atomic mass is 32.2. The lowest BCUT2D eigenvalue weighted by molar-refractivity contribution is -0.117. The van der Waals surface area contributed by atoms with Gasteiger partial charge in [0.25, 0.3) is 10.1 Å². The van der Waals surface area contributed by atoms with Crippen LogP contribution in [-0.4, -0.2) is 31.5 Å². The van der Waals surface area contributed by atoms with Crippen LogP contribution in [0.25, 0.3) is 0 Å². The third kappa shape index (κ3) is 2.30. The zero-order chi connectivity index (χ0) is 13.5. The smallest absolute Gasteiger partial charge is 0.294 e. The van der Waals surface area contributed by atoms with Crippen molar-refractivity contribution in [3.63, 3.8) is 0 Å². The number of rotatable bonds is 2. The molecule has 0 aromatic heterocycles. The molecule has 1 fully saturated rings. The maximum Gasteiger partial charge on any atom is 0.294 e. The molecule has 1 heterocycles. The molecule has 1 saturated heterocycles. The van der Waals surface area contributed by atoms with Gasteiger partial charge in [0, 0.05) is 19.0 Å². The van der Waals surface area contributed by atoms with Crippen LogP contribution in [0.2, 0.25) is 0 Å². The van der Waals surface area contributed by atoms with E-state index in [-0.39, 0.29) is 29.0 Å². The van der Waals surface area contributed by atoms with E-state index < -0.39 is 10.1 Å². The molecule has 18 heavy (non-hydrogen) atoms. The van der Waals surface area contributed by atoms with Crippen molar-refractivity contribution < 1.29 is 17.8 Å². The van der Waals surface area contributed by atoms with Crippen LogP contribution in [0.4, 0.5) is 11.4 Å². The summed E-state index contributed by atoms with van der Waals surface area (Å²) in [7, 11) is -4.30. The lowest BCUT2D eigenvalue weighted by Crippen LogP contribution is -2.28. The Labute approximate surface area is 104 Å². The minimum absolute atomic E-state index is 0.104. The van der Waals surface area contributed by atoms with Crippen molar-refractivity contribution in [3.05, 3.63) is 18.2 Å². The molecule has 0 spiro atoms. The van der Waals surface area contributed by atoms with E-state index in [4.69, 9.17) is 16.0 Å². The standard InChI is InChI=1S/C10H13N3O4S/c11-6-3-10(14)13(5-6)9-2-1-7(4-8(9)12)18(15,16)17/h1-2,4,6H,3,5,11-12H2,(H,15,16,17). The molecule has 1 atom stereocenters. The van der Waals surface area contributed by atoms with Crippen LogP contribution in [0.3, 0.4) is 0 Å². The Kier molecular flexibility index (Phi) is 3.01. The number of nitrogens with two attached hydrogens (primary N) is 2. The monoisotopic (exact) mass is 271 g/mol. The quantitative estimate of drug-likeness (QED) is 0.495. The van der Waals surface area contributed by atoms with Crippen LogP contribution in [0.1, 0.15) is 6.42 Å². The molecular formula is C10H13N3O4S. The maximum absolute atomic E-state index is 11.6. The fourth-order valence-electron chi connectivity index (χ4n) is 1.91. The summed E-state index contributed by atoms with van der Waals surface area (Å²) in [5, 5.41) is 0. The summed E-state index contributed by atoms with van der Waals surface area (Å²) in [6.45, 7) is 0.342. The zero-order valence-corrected chi connectivity index (χ0v) is 10.2. The Morgan fingerprint density at radius 3 is 2.50 bits per heavy atom. The van der Waals surface area contributed by atoms with Gasteiger partial charge in [0.15, 0.2) is 0 Å². The maximum atomic E-state index is 11.6. The van der Waals surface area contributed by atoms with Gasteiger partial charge in [0.1, 0.15) is 0 Å². The first-order valence-corrected chi connectivity index (χ1v) is 6.66. The lowest BCUT2D eigenvalue weighted by atomic mass is 10.2. The van der Waals surface area contributed by atoms with E-state index in [1.807, 2.05) is 0 Å². The number of nitrogen functional groups attached to an aromatic ring is 1. The van der Waals surface area contributed by atoms with Gasteiger partial charge in [0.2, 0.25) is 5.91 Å². The summed E-state index contributed by atoms with van der Waals surface area (Å²) in [6, 6.07) is 3.44. The SMILES string of the molecule is Nc1cc(S(=O)(=O)O)ccc1N1CC(N)CC1=O. The van der Waals surface area contributed by atoms with E-state index >= 15 is 0 Å². The minimum Gasteiger partial charge on any atom is -0.397 e. The van der Waals surface area contributed by atoms with Crippen LogP contribution >= 0.6 is 0 Å². The van der Waals surface area contributed by atoms with Gasteiger partial charge >= 0.3 is 0 Å². The van der Waals surface area contributed by atoms with E-state index in [1.54, 1.807) is 0 Å². The van der Waals surface area contributed by atoms with Crippen molar-refractivity contribution in [1.29, 1.82) is 0 Å². The largest absolute Gasteiger partial charge is 0.397 e. The van der Waals surface area contributed by atoms with Gasteiger partial charge in [-0.3, -0.25) is 9.35 Å². The molecule has 0 aliphatic carbocycles. The molecule has 1 aliphatic heterocycles. The summed E-state index contributed by atoms with van der Waals surface area (Å²) in [4.78, 5) is 12.7. The number of hydrogen-bond donors (Lipinski definition) is 3. The van der Waals surface area contributed by atoms with Crippen molar-refractivity contribution in [3.8, 4) is 0 Å². The topological polar surface area (TPSA) is 127 Å². The Morgan fingerprint density at radius 1 is 1.39 bits per heavy atom. The zero-order valence-electron chi connectivity index (χ0n) is 9.41. The summed E-state index contributed by atoms with van der Waals surface area (Å²) < 4.78 is 30.7. The van der Waals surface area contributed by atoms with Crippen molar-refractivity contribution in [2.75, 3.05) is 17.2 Å². The van der Waals surface area contributed by atoms with Crippen molar-refractivity contribution in [2.24, 2.45) is 5.73 Å². The van der Waals surface area contributed by atoms with Crippen LogP contribution in [0.15, 0.2) is 23.1 Å². The Bertz CT molecular complexity index is 599. The molecule has 1 unspecified atom stereocenters. The van der Waals surface area contributed by atoms with E-state index in [2.05, 4.69) is 0 Å². The van der Waals surface area contributed by atoms with E-state index in [9.17, 15) is 13.2 Å². The second-order valence-corrected chi connectivity index (χ2v) is 5.59. The molecule has 7 nitrogen and oxygen atoms in total. The normalized spacial score (nSPS) is 20.4. The molecule has 8 heteroatoms. The minimum atomic E-state index is -4.30. The number of benzene rings is 1. The van der Waals surface area contributed by atoms with Crippen LogP contribution in [0.5, 0.6) is 0 Å². The molecule has 0 radical (unpaired) electrons. The number of carbonyl (C=O) groups is 1. The molecule has 1 aliphatic rings. The third-order valence-electron chi connectivity index (χ3n) is 2.74. The summed E-state index contributed by atoms with van der Waals surface area (Å²) in [5.41, 5.74) is 11.9. The first-order valence-electron chi connectivity index (χ1n) is 5.22. The van der Waals surface area contributed by atoms with Crippen molar-refractivity contribution in [2.45, 2.75) is 17.4 Å². The Morgan fingerprint density at radius 2 is 2.06 bits per heavy atom. The lowest BCUT2D eigenvalue weighted by Gasteiger charge is -2.18. The van der Waals surface area contributed by atoms with Gasteiger partial charge in [-0.2, -0.15) is 8.42 Å². The second kappa shape index (κ2) is 4.23. The number of carbonyl (C=O) groups excluding carboxylic acids is 1. The summed E-state index contributed by atoms with van der Waals surface area (Å²) in [5.74, 6) is -0.159. The average molecular weight is 271 g/mol. The number of amides is 1. The molecule has 0 saturated carbocycles. The highest BCUT2D eigenvalue weighted by Gasteiger charge is 2.29. The first kappa shape index (κ1) is 12.8. The summed E-state index contributed by atoms with van der Waals surface area (Å²) in [6.07, 6.45) is 0.236. The predicted octanol–water partition coefficient (Wildman–Crippen LogP) is -0.421. The van der Waals surface area contributed by atoms with Crippen molar-refractivity contribution in [1.82, 2.24) is 0 Å². The fourth-order valence-corrected chi connectivity index (χ4v) is 2.42. The first-order chi connectivity index (χ1) is 8.29. The third-order valence-corrected chi connectivity index (χ3v) is 3.59. The van der Waals surface area contributed by atoms with Crippen LogP contribution < -0.4 is 16.4 Å². The van der Waals surface area contributed by atoms with Gasteiger partial charge in [-0.05, 0) is 18.2 Å². The number of hydrogen-bond acceptors (Lipinski definition) is 5. The molecule has 2 rings (SSSR count). The van der Waals surface area contributed by atoms with Crippen molar-refractivity contribution >= 4 is 27.4 Å². The molecule has 0 bridgehead atoms. The van der Waals surface area contributed by atoms with Crippen LogP contribution in [-0.2, 0) is 14.9 Å². The Hall–Kier alpha value is -1.64. The van der Waals surface area contributed by atoms with E-state index in [0.717, 1.165) is 6.07 Å². The molecule has 98 valence electrons. The van der Waals surface area contributed by atoms with Gasteiger partial charge < -0.3 is 16.4 Å².